The molecule has 30 heavy (non-hydrogen) atoms. The first kappa shape index (κ1) is 24.2. The molecule has 1 atom stereocenters. The Kier molecular flexibility index (Phi) is 8.74. The lowest BCUT2D eigenvalue weighted by Gasteiger charge is -2.31. The van der Waals surface area contributed by atoms with E-state index in [1.54, 1.807) is 42.2 Å². The maximum absolute atomic E-state index is 13.8. The number of nitrogens with one attached hydrogen (secondary N) is 1. The zero-order chi connectivity index (χ0) is 22.3. The Bertz CT molecular complexity index is 868. The van der Waals surface area contributed by atoms with Crippen LogP contribution >= 0.6 is 23.4 Å². The van der Waals surface area contributed by atoms with Gasteiger partial charge in [-0.3, -0.25) is 9.59 Å². The standard InChI is InChI=1S/C23H28ClFN2O2S/c1-16(22(29)26-23(2,3)4)27(13-17-9-11-19(24)12-10-17)21(28)15-30-14-18-7-5-6-8-20(18)25/h5-12,16H,13-15H2,1-4H3,(H,26,29)/t16-/m0/s1. The van der Waals surface area contributed by atoms with E-state index in [0.717, 1.165) is 5.56 Å². The van der Waals surface area contributed by atoms with Crippen LogP contribution in [0, 0.1) is 5.82 Å². The van der Waals surface area contributed by atoms with Crippen molar-refractivity contribution in [3.63, 3.8) is 0 Å². The Morgan fingerprint density at radius 3 is 2.37 bits per heavy atom. The van der Waals surface area contributed by atoms with Crippen LogP contribution in [-0.4, -0.2) is 34.0 Å². The number of halogens is 2. The highest BCUT2D eigenvalue weighted by Crippen LogP contribution is 2.19. The Morgan fingerprint density at radius 1 is 1.13 bits per heavy atom. The summed E-state index contributed by atoms with van der Waals surface area (Å²) in [4.78, 5) is 27.3. The summed E-state index contributed by atoms with van der Waals surface area (Å²) in [6.07, 6.45) is 0. The normalized spacial score (nSPS) is 12.3. The van der Waals surface area contributed by atoms with Crippen molar-refractivity contribution in [3.8, 4) is 0 Å². The fourth-order valence-corrected chi connectivity index (χ4v) is 3.81. The van der Waals surface area contributed by atoms with Gasteiger partial charge in [0.2, 0.25) is 11.8 Å². The SMILES string of the molecule is C[C@@H](C(=O)NC(C)(C)C)N(Cc1ccc(Cl)cc1)C(=O)CSCc1ccccc1F. The van der Waals surface area contributed by atoms with Gasteiger partial charge in [-0.05, 0) is 57.0 Å². The van der Waals surface area contributed by atoms with E-state index in [-0.39, 0.29) is 29.9 Å². The Labute approximate surface area is 187 Å². The van der Waals surface area contributed by atoms with Gasteiger partial charge in [0.05, 0.1) is 5.75 Å². The van der Waals surface area contributed by atoms with Crippen molar-refractivity contribution >= 4 is 35.2 Å². The van der Waals surface area contributed by atoms with Crippen molar-refractivity contribution in [3.05, 3.63) is 70.5 Å². The van der Waals surface area contributed by atoms with Crippen LogP contribution in [0.4, 0.5) is 4.39 Å². The molecule has 7 heteroatoms. The van der Waals surface area contributed by atoms with Crippen molar-refractivity contribution in [2.75, 3.05) is 5.75 Å². The minimum absolute atomic E-state index is 0.148. The largest absolute Gasteiger partial charge is 0.350 e. The third-order valence-electron chi connectivity index (χ3n) is 4.37. The molecule has 0 heterocycles. The molecule has 0 unspecified atom stereocenters. The van der Waals surface area contributed by atoms with E-state index in [1.165, 1.54) is 17.8 Å². The summed E-state index contributed by atoms with van der Waals surface area (Å²) in [5.74, 6) is -0.148. The molecule has 1 N–H and O–H groups in total. The van der Waals surface area contributed by atoms with Gasteiger partial charge < -0.3 is 10.2 Å². The molecule has 0 aliphatic carbocycles. The first-order chi connectivity index (χ1) is 14.1. The van der Waals surface area contributed by atoms with E-state index in [9.17, 15) is 14.0 Å². The first-order valence-corrected chi connectivity index (χ1v) is 11.3. The Morgan fingerprint density at radius 2 is 1.77 bits per heavy atom. The lowest BCUT2D eigenvalue weighted by Crippen LogP contribution is -2.52. The van der Waals surface area contributed by atoms with Crippen LogP contribution in [0.3, 0.4) is 0 Å². The number of hydrogen-bond acceptors (Lipinski definition) is 3. The number of benzene rings is 2. The second-order valence-electron chi connectivity index (χ2n) is 8.15. The van der Waals surface area contributed by atoms with Gasteiger partial charge in [0, 0.05) is 22.9 Å². The molecule has 0 spiro atoms. The second-order valence-corrected chi connectivity index (χ2v) is 9.57. The van der Waals surface area contributed by atoms with Gasteiger partial charge in [-0.15, -0.1) is 11.8 Å². The Hall–Kier alpha value is -2.05. The third kappa shape index (κ3) is 7.65. The molecule has 2 aromatic rings. The zero-order valence-electron chi connectivity index (χ0n) is 17.7. The molecule has 4 nitrogen and oxygen atoms in total. The van der Waals surface area contributed by atoms with Crippen LogP contribution in [0.1, 0.15) is 38.8 Å². The number of carbonyl (C=O) groups excluding carboxylic acids is 2. The Balaban J connectivity index is 2.10. The topological polar surface area (TPSA) is 49.4 Å². The number of thioether (sulfide) groups is 1. The lowest BCUT2D eigenvalue weighted by atomic mass is 10.1. The quantitative estimate of drug-likeness (QED) is 0.612. The average Bonchev–Trinajstić information content (AvgIpc) is 2.67. The van der Waals surface area contributed by atoms with Gasteiger partial charge in [-0.25, -0.2) is 4.39 Å². The summed E-state index contributed by atoms with van der Waals surface area (Å²) < 4.78 is 13.8. The average molecular weight is 451 g/mol. The van der Waals surface area contributed by atoms with Crippen molar-refractivity contribution in [1.82, 2.24) is 10.2 Å². The molecule has 0 aromatic heterocycles. The molecule has 0 fully saturated rings. The summed E-state index contributed by atoms with van der Waals surface area (Å²) in [5.41, 5.74) is 1.03. The van der Waals surface area contributed by atoms with Crippen molar-refractivity contribution in [1.29, 1.82) is 0 Å². The van der Waals surface area contributed by atoms with E-state index in [4.69, 9.17) is 11.6 Å². The maximum Gasteiger partial charge on any atom is 0.242 e. The van der Waals surface area contributed by atoms with Crippen LogP contribution < -0.4 is 5.32 Å². The lowest BCUT2D eigenvalue weighted by molar-refractivity contribution is -0.139. The molecule has 0 saturated heterocycles. The van der Waals surface area contributed by atoms with Crippen molar-refractivity contribution < 1.29 is 14.0 Å². The molecule has 0 radical (unpaired) electrons. The van der Waals surface area contributed by atoms with E-state index in [1.807, 2.05) is 32.9 Å². The highest BCUT2D eigenvalue weighted by atomic mass is 35.5. The van der Waals surface area contributed by atoms with E-state index >= 15 is 0 Å². The van der Waals surface area contributed by atoms with Gasteiger partial charge in [-0.1, -0.05) is 41.9 Å². The predicted octanol–water partition coefficient (Wildman–Crippen LogP) is 5.04. The molecule has 2 aromatic carbocycles. The number of rotatable bonds is 8. The van der Waals surface area contributed by atoms with E-state index in [0.29, 0.717) is 16.3 Å². The molecular weight excluding hydrogens is 423 g/mol. The number of carbonyl (C=O) groups is 2. The summed E-state index contributed by atoms with van der Waals surface area (Å²) >= 11 is 7.29. The molecule has 2 rings (SSSR count). The first-order valence-electron chi connectivity index (χ1n) is 9.74. The summed E-state index contributed by atoms with van der Waals surface area (Å²) in [5, 5.41) is 3.54. The summed E-state index contributed by atoms with van der Waals surface area (Å²) in [6, 6.07) is 13.1. The number of amides is 2. The zero-order valence-corrected chi connectivity index (χ0v) is 19.3. The minimum atomic E-state index is -0.651. The highest BCUT2D eigenvalue weighted by molar-refractivity contribution is 7.99. The molecule has 0 aliphatic rings. The van der Waals surface area contributed by atoms with Crippen LogP contribution in [0.15, 0.2) is 48.5 Å². The van der Waals surface area contributed by atoms with Gasteiger partial charge in [-0.2, -0.15) is 0 Å². The van der Waals surface area contributed by atoms with Crippen LogP contribution in [-0.2, 0) is 21.9 Å². The molecule has 0 saturated carbocycles. The molecule has 162 valence electrons. The van der Waals surface area contributed by atoms with Gasteiger partial charge in [0.1, 0.15) is 11.9 Å². The fourth-order valence-electron chi connectivity index (χ4n) is 2.79. The van der Waals surface area contributed by atoms with Crippen molar-refractivity contribution in [2.24, 2.45) is 0 Å². The molecular formula is C23H28ClFN2O2S. The van der Waals surface area contributed by atoms with Crippen LogP contribution in [0.5, 0.6) is 0 Å². The number of nitrogens with zero attached hydrogens (tertiary/aromatic N) is 1. The van der Waals surface area contributed by atoms with Crippen molar-refractivity contribution in [2.45, 2.75) is 51.6 Å². The van der Waals surface area contributed by atoms with E-state index < -0.39 is 11.6 Å². The molecule has 0 aliphatic heterocycles. The van der Waals surface area contributed by atoms with E-state index in [2.05, 4.69) is 5.32 Å². The fraction of sp³-hybridized carbons (Fsp3) is 0.391. The summed E-state index contributed by atoms with van der Waals surface area (Å²) in [6.45, 7) is 7.69. The highest BCUT2D eigenvalue weighted by Gasteiger charge is 2.28. The maximum atomic E-state index is 13.8. The minimum Gasteiger partial charge on any atom is -0.350 e. The second kappa shape index (κ2) is 10.8. The molecule has 2 amide bonds. The summed E-state index contributed by atoms with van der Waals surface area (Å²) in [7, 11) is 0. The number of hydrogen-bond donors (Lipinski definition) is 1. The predicted molar refractivity (Wildman–Crippen MR) is 122 cm³/mol. The van der Waals surface area contributed by atoms with Crippen LogP contribution in [0.2, 0.25) is 5.02 Å². The van der Waals surface area contributed by atoms with Gasteiger partial charge >= 0.3 is 0 Å². The van der Waals surface area contributed by atoms with Crippen LogP contribution in [0.25, 0.3) is 0 Å². The third-order valence-corrected chi connectivity index (χ3v) is 5.59. The smallest absolute Gasteiger partial charge is 0.242 e. The van der Waals surface area contributed by atoms with Gasteiger partial charge in [0.15, 0.2) is 0 Å². The monoisotopic (exact) mass is 450 g/mol. The van der Waals surface area contributed by atoms with Gasteiger partial charge in [0.25, 0.3) is 0 Å². The molecule has 0 bridgehead atoms.